The summed E-state index contributed by atoms with van der Waals surface area (Å²) in [6.45, 7) is 0. The first kappa shape index (κ1) is 18.1. The van der Waals surface area contributed by atoms with Crippen LogP contribution in [0.15, 0.2) is 17.0 Å². The fourth-order valence-electron chi connectivity index (χ4n) is 1.26. The smallest absolute Gasteiger partial charge is 0.744 e. The van der Waals surface area contributed by atoms with Crippen LogP contribution < -0.4 is 0 Å². The van der Waals surface area contributed by atoms with Crippen molar-refractivity contribution in [3.05, 3.63) is 42.5 Å². The van der Waals surface area contributed by atoms with E-state index >= 15 is 0 Å². The van der Waals surface area contributed by atoms with Crippen LogP contribution in [0.4, 0.5) is 17.1 Å². The molecule has 0 aromatic heterocycles. The zero-order valence-corrected chi connectivity index (χ0v) is 11.2. The number of hydrogen-bond acceptors (Lipinski definition) is 9. The standard InChI is InChI=1S/C6H3N3O9S.Ag/c10-7(11)3-1-2-4(19(16,17)18)6(9(14)15)5(3)8(12)13;/h1-2H,(H,16,17,18);/q;+1/p-1. The van der Waals surface area contributed by atoms with Crippen LogP contribution in [0.2, 0.25) is 0 Å². The van der Waals surface area contributed by atoms with Crippen molar-refractivity contribution >= 4 is 27.2 Å². The second-order valence-electron chi connectivity index (χ2n) is 3.01. The summed E-state index contributed by atoms with van der Waals surface area (Å²) >= 11 is 0. The van der Waals surface area contributed by atoms with Gasteiger partial charge in [-0.2, -0.15) is 0 Å². The SMILES string of the molecule is O=[N+]([O-])c1ccc(S(=O)(=O)[O-])c([N+](=O)[O-])c1[N+](=O)[O-].[Ag+]. The van der Waals surface area contributed by atoms with Gasteiger partial charge in [-0.15, -0.1) is 0 Å². The van der Waals surface area contributed by atoms with Gasteiger partial charge in [-0.3, -0.25) is 30.3 Å². The molecule has 0 aliphatic heterocycles. The van der Waals surface area contributed by atoms with Crippen LogP contribution in [-0.2, 0) is 32.5 Å². The van der Waals surface area contributed by atoms with E-state index in [1.807, 2.05) is 0 Å². The van der Waals surface area contributed by atoms with Crippen LogP contribution in [0.1, 0.15) is 0 Å². The van der Waals surface area contributed by atoms with Gasteiger partial charge in [-0.1, -0.05) is 0 Å². The van der Waals surface area contributed by atoms with E-state index in [1.54, 1.807) is 0 Å². The fraction of sp³-hybridized carbons (Fsp3) is 0. The van der Waals surface area contributed by atoms with Gasteiger partial charge in [0, 0.05) is 6.07 Å². The molecule has 0 unspecified atom stereocenters. The van der Waals surface area contributed by atoms with Crippen molar-refractivity contribution in [1.29, 1.82) is 0 Å². The molecule has 0 fully saturated rings. The number of rotatable bonds is 4. The molecule has 1 rings (SSSR count). The predicted octanol–water partition coefficient (Wildman–Crippen LogP) is 0.313. The average molecular weight is 400 g/mol. The fourth-order valence-corrected chi connectivity index (χ4v) is 1.90. The van der Waals surface area contributed by atoms with Crippen molar-refractivity contribution in [2.45, 2.75) is 4.90 Å². The maximum atomic E-state index is 10.8. The molecule has 0 saturated heterocycles. The minimum atomic E-state index is -5.40. The van der Waals surface area contributed by atoms with Gasteiger partial charge in [-0.05, 0) is 6.07 Å². The first-order valence-corrected chi connectivity index (χ1v) is 5.54. The molecule has 0 aliphatic rings. The summed E-state index contributed by atoms with van der Waals surface area (Å²) in [7, 11) is -5.40. The van der Waals surface area contributed by atoms with Gasteiger partial charge in [0.25, 0.3) is 0 Å². The molecule has 1 aromatic rings. The Kier molecular flexibility index (Phi) is 5.44. The molecule has 0 heterocycles. The van der Waals surface area contributed by atoms with Crippen molar-refractivity contribution in [1.82, 2.24) is 0 Å². The van der Waals surface area contributed by atoms with E-state index in [0.29, 0.717) is 6.07 Å². The van der Waals surface area contributed by atoms with Gasteiger partial charge >= 0.3 is 39.4 Å². The third-order valence-corrected chi connectivity index (χ3v) is 2.79. The van der Waals surface area contributed by atoms with Gasteiger partial charge in [0.2, 0.25) is 0 Å². The number of hydrogen-bond donors (Lipinski definition) is 0. The molecule has 0 aliphatic carbocycles. The molecule has 112 valence electrons. The van der Waals surface area contributed by atoms with Gasteiger partial charge in [-0.25, -0.2) is 8.42 Å². The second kappa shape index (κ2) is 6.02. The Morgan fingerprint density at radius 3 is 1.60 bits per heavy atom. The first-order chi connectivity index (χ1) is 8.57. The Hall–Kier alpha value is -1.93. The van der Waals surface area contributed by atoms with Crippen LogP contribution in [0, 0.1) is 30.3 Å². The summed E-state index contributed by atoms with van der Waals surface area (Å²) < 4.78 is 32.3. The predicted molar refractivity (Wildman–Crippen MR) is 54.4 cm³/mol. The molecule has 1 aromatic carbocycles. The van der Waals surface area contributed by atoms with Gasteiger partial charge in [0.1, 0.15) is 15.0 Å². The van der Waals surface area contributed by atoms with Crippen molar-refractivity contribution in [3.8, 4) is 0 Å². The van der Waals surface area contributed by atoms with Gasteiger partial charge < -0.3 is 4.55 Å². The Balaban J connectivity index is 0.00000361. The second-order valence-corrected chi connectivity index (χ2v) is 4.35. The van der Waals surface area contributed by atoms with Crippen molar-refractivity contribution in [2.75, 3.05) is 0 Å². The number of nitro groups is 3. The Labute approximate surface area is 125 Å². The minimum absolute atomic E-state index is 0. The van der Waals surface area contributed by atoms with Crippen LogP contribution in [-0.4, -0.2) is 27.7 Å². The van der Waals surface area contributed by atoms with E-state index in [1.165, 1.54) is 0 Å². The zero-order chi connectivity index (χ0) is 15.0. The zero-order valence-electron chi connectivity index (χ0n) is 8.88. The summed E-state index contributed by atoms with van der Waals surface area (Å²) in [6.07, 6.45) is 0. The molecular weight excluding hydrogens is 398 g/mol. The largest absolute Gasteiger partial charge is 1.00 e. The topological polar surface area (TPSA) is 187 Å². The Morgan fingerprint density at radius 1 is 0.850 bits per heavy atom. The Morgan fingerprint density at radius 2 is 1.30 bits per heavy atom. The first-order valence-electron chi connectivity index (χ1n) is 4.13. The molecule has 0 saturated carbocycles. The van der Waals surface area contributed by atoms with Crippen LogP contribution in [0.25, 0.3) is 0 Å². The van der Waals surface area contributed by atoms with E-state index in [0.717, 1.165) is 0 Å². The molecule has 0 N–H and O–H groups in total. The van der Waals surface area contributed by atoms with E-state index in [9.17, 15) is 43.3 Å². The summed E-state index contributed by atoms with van der Waals surface area (Å²) in [6, 6.07) is 0.627. The molecule has 20 heavy (non-hydrogen) atoms. The van der Waals surface area contributed by atoms with E-state index in [4.69, 9.17) is 0 Å². The van der Waals surface area contributed by atoms with Crippen LogP contribution in [0.5, 0.6) is 0 Å². The molecular formula is C6H2AgN3O9S. The van der Waals surface area contributed by atoms with Crippen LogP contribution >= 0.6 is 0 Å². The minimum Gasteiger partial charge on any atom is -0.744 e. The Bertz CT molecular complexity index is 700. The van der Waals surface area contributed by atoms with Gasteiger partial charge in [0.05, 0.1) is 14.8 Å². The normalized spacial score (nSPS) is 10.4. The summed E-state index contributed by atoms with van der Waals surface area (Å²) in [5.74, 6) is 0. The number of benzene rings is 1. The van der Waals surface area contributed by atoms with Crippen molar-refractivity contribution < 1.29 is 50.1 Å². The quantitative estimate of drug-likeness (QED) is 0.297. The van der Waals surface area contributed by atoms with Crippen molar-refractivity contribution in [3.63, 3.8) is 0 Å². The summed E-state index contributed by atoms with van der Waals surface area (Å²) in [5.41, 5.74) is -4.68. The maximum Gasteiger partial charge on any atom is 1.00 e. The number of nitro benzene ring substituents is 3. The molecule has 0 spiro atoms. The van der Waals surface area contributed by atoms with E-state index < -0.39 is 46.8 Å². The van der Waals surface area contributed by atoms with E-state index in [-0.39, 0.29) is 28.4 Å². The monoisotopic (exact) mass is 399 g/mol. The molecule has 0 radical (unpaired) electrons. The van der Waals surface area contributed by atoms with Gasteiger partial charge in [0.15, 0.2) is 0 Å². The third kappa shape index (κ3) is 3.34. The summed E-state index contributed by atoms with van der Waals surface area (Å²) in [5, 5.41) is 31.8. The number of nitrogens with zero attached hydrogens (tertiary/aromatic N) is 3. The van der Waals surface area contributed by atoms with Crippen LogP contribution in [0.3, 0.4) is 0 Å². The molecule has 0 amide bonds. The maximum absolute atomic E-state index is 10.8. The van der Waals surface area contributed by atoms with E-state index in [2.05, 4.69) is 0 Å². The molecule has 0 atom stereocenters. The van der Waals surface area contributed by atoms with Crippen molar-refractivity contribution in [2.24, 2.45) is 0 Å². The summed E-state index contributed by atoms with van der Waals surface area (Å²) in [4.78, 5) is 26.0. The average Bonchev–Trinajstić information content (AvgIpc) is 2.25. The molecule has 14 heteroatoms. The molecule has 0 bridgehead atoms. The third-order valence-electron chi connectivity index (χ3n) is 1.92. The molecule has 12 nitrogen and oxygen atoms in total.